The maximum Gasteiger partial charge on any atom is 0.251 e. The molecule has 0 saturated carbocycles. The third-order valence-corrected chi connectivity index (χ3v) is 5.03. The molecular weight excluding hydrogens is 336 g/mol. The van der Waals surface area contributed by atoms with Crippen molar-refractivity contribution in [2.24, 2.45) is 0 Å². The van der Waals surface area contributed by atoms with Crippen LogP contribution < -0.4 is 10.2 Å². The van der Waals surface area contributed by atoms with Crippen LogP contribution in [0.25, 0.3) is 0 Å². The number of rotatable bonds is 6. The van der Waals surface area contributed by atoms with Gasteiger partial charge in [-0.05, 0) is 30.2 Å². The molecule has 5 nitrogen and oxygen atoms in total. The van der Waals surface area contributed by atoms with Gasteiger partial charge in [-0.3, -0.25) is 4.79 Å². The fraction of sp³-hybridized carbons (Fsp3) is 0.316. The Morgan fingerprint density at radius 1 is 1.04 bits per heavy atom. The van der Waals surface area contributed by atoms with Gasteiger partial charge in [0.05, 0.1) is 19.0 Å². The summed E-state index contributed by atoms with van der Waals surface area (Å²) in [7, 11) is 0.857. The Morgan fingerprint density at radius 2 is 1.64 bits per heavy atom. The lowest BCUT2D eigenvalue weighted by atomic mass is 10.1. The van der Waals surface area contributed by atoms with Crippen LogP contribution in [0.2, 0.25) is 0 Å². The third-order valence-electron chi connectivity index (χ3n) is 3.92. The van der Waals surface area contributed by atoms with Crippen LogP contribution in [-0.2, 0) is 22.9 Å². The van der Waals surface area contributed by atoms with Crippen molar-refractivity contribution in [3.63, 3.8) is 0 Å². The molecule has 0 fully saturated rings. The summed E-state index contributed by atoms with van der Waals surface area (Å²) in [5, 5.41) is 2.86. The van der Waals surface area contributed by atoms with Crippen LogP contribution in [0, 0.1) is 6.92 Å². The molecule has 0 heterocycles. The van der Waals surface area contributed by atoms with E-state index >= 15 is 0 Å². The number of hydrogen-bond donors (Lipinski definition) is 2. The largest absolute Gasteiger partial charge is 0.348 e. The second-order valence-corrected chi connectivity index (χ2v) is 8.65. The number of amides is 1. The quantitative estimate of drug-likeness (QED) is 0.806. The zero-order valence-electron chi connectivity index (χ0n) is 15.1. The predicted molar refractivity (Wildman–Crippen MR) is 98.4 cm³/mol. The highest BCUT2D eigenvalue weighted by Gasteiger charge is 2.14. The van der Waals surface area contributed by atoms with E-state index in [0.717, 1.165) is 23.9 Å². The highest BCUT2D eigenvalue weighted by molar-refractivity contribution is 7.90. The lowest BCUT2D eigenvalue weighted by molar-refractivity contribution is -0.872. The van der Waals surface area contributed by atoms with Gasteiger partial charge in [0, 0.05) is 23.9 Å². The molecule has 0 aliphatic rings. The molecule has 0 bridgehead atoms. The number of quaternary nitrogens is 1. The summed E-state index contributed by atoms with van der Waals surface area (Å²) in [6, 6.07) is 12.7. The van der Waals surface area contributed by atoms with E-state index in [1.165, 1.54) is 22.6 Å². The number of nitrogens with one attached hydrogen (secondary N) is 2. The standard InChI is InChI=1S/C19H24N2O3S/c1-14-5-10-17(25(4,23)24)11-18(14)19(22)20-12-15-6-8-16(9-7-15)13-21(2)3/h5-11H,12-13H2,1-4H3,(H,20,22)/p+1. The topological polar surface area (TPSA) is 67.7 Å². The van der Waals surface area contributed by atoms with Gasteiger partial charge in [-0.1, -0.05) is 30.3 Å². The monoisotopic (exact) mass is 361 g/mol. The second-order valence-electron chi connectivity index (χ2n) is 6.63. The zero-order valence-corrected chi connectivity index (χ0v) is 15.9. The van der Waals surface area contributed by atoms with Crippen molar-refractivity contribution < 1.29 is 18.1 Å². The van der Waals surface area contributed by atoms with Crippen LogP contribution in [0.1, 0.15) is 27.0 Å². The molecule has 2 rings (SSSR count). The number of benzene rings is 2. The van der Waals surface area contributed by atoms with Gasteiger partial charge in [0.2, 0.25) is 0 Å². The number of aryl methyl sites for hydroxylation is 1. The average molecular weight is 361 g/mol. The van der Waals surface area contributed by atoms with Crippen LogP contribution in [0.5, 0.6) is 0 Å². The third kappa shape index (κ3) is 5.41. The molecule has 0 spiro atoms. The number of carbonyl (C=O) groups excluding carboxylic acids is 1. The van der Waals surface area contributed by atoms with E-state index in [1.807, 2.05) is 12.1 Å². The van der Waals surface area contributed by atoms with E-state index in [-0.39, 0.29) is 10.8 Å². The summed E-state index contributed by atoms with van der Waals surface area (Å²) >= 11 is 0. The van der Waals surface area contributed by atoms with Crippen molar-refractivity contribution >= 4 is 15.7 Å². The molecule has 0 saturated heterocycles. The van der Waals surface area contributed by atoms with E-state index in [4.69, 9.17) is 0 Å². The lowest BCUT2D eigenvalue weighted by Gasteiger charge is -2.10. The Labute approximate surface area is 149 Å². The first kappa shape index (κ1) is 19.1. The highest BCUT2D eigenvalue weighted by atomic mass is 32.2. The Bertz CT molecular complexity index is 857. The van der Waals surface area contributed by atoms with Crippen LogP contribution >= 0.6 is 0 Å². The second kappa shape index (κ2) is 7.80. The number of carbonyl (C=O) groups is 1. The molecule has 0 aromatic heterocycles. The highest BCUT2D eigenvalue weighted by Crippen LogP contribution is 2.16. The first-order valence-electron chi connectivity index (χ1n) is 8.12. The molecule has 0 aliphatic carbocycles. The van der Waals surface area contributed by atoms with E-state index < -0.39 is 9.84 Å². The molecule has 2 N–H and O–H groups in total. The normalized spacial score (nSPS) is 11.6. The molecule has 0 unspecified atom stereocenters. The molecule has 0 atom stereocenters. The predicted octanol–water partition coefficient (Wildman–Crippen LogP) is 0.973. The number of sulfone groups is 1. The molecule has 2 aromatic rings. The summed E-state index contributed by atoms with van der Waals surface area (Å²) in [6.45, 7) is 3.14. The van der Waals surface area contributed by atoms with Gasteiger partial charge in [0.15, 0.2) is 9.84 Å². The molecule has 25 heavy (non-hydrogen) atoms. The van der Waals surface area contributed by atoms with Gasteiger partial charge in [-0.25, -0.2) is 8.42 Å². The average Bonchev–Trinajstić information content (AvgIpc) is 2.52. The van der Waals surface area contributed by atoms with Gasteiger partial charge in [-0.2, -0.15) is 0 Å². The molecule has 134 valence electrons. The van der Waals surface area contributed by atoms with Gasteiger partial charge >= 0.3 is 0 Å². The SMILES string of the molecule is Cc1ccc(S(C)(=O)=O)cc1C(=O)NCc1ccc(C[NH+](C)C)cc1. The van der Waals surface area contributed by atoms with Gasteiger partial charge in [-0.15, -0.1) is 0 Å². The summed E-state index contributed by atoms with van der Waals surface area (Å²) in [5.74, 6) is -0.273. The van der Waals surface area contributed by atoms with Crippen molar-refractivity contribution in [2.75, 3.05) is 20.4 Å². The molecule has 0 radical (unpaired) electrons. The van der Waals surface area contributed by atoms with Crippen molar-refractivity contribution in [3.8, 4) is 0 Å². The van der Waals surface area contributed by atoms with Crippen molar-refractivity contribution in [1.82, 2.24) is 5.32 Å². The first-order chi connectivity index (χ1) is 11.7. The Balaban J connectivity index is 2.07. The summed E-state index contributed by atoms with van der Waals surface area (Å²) in [5.41, 5.74) is 3.37. The maximum atomic E-state index is 12.4. The minimum absolute atomic E-state index is 0.152. The van der Waals surface area contributed by atoms with Crippen LogP contribution in [-0.4, -0.2) is 34.7 Å². The fourth-order valence-electron chi connectivity index (χ4n) is 2.54. The Hall–Kier alpha value is -2.18. The van der Waals surface area contributed by atoms with Crippen LogP contribution in [0.3, 0.4) is 0 Å². The van der Waals surface area contributed by atoms with Crippen molar-refractivity contribution in [1.29, 1.82) is 0 Å². The molecule has 6 heteroatoms. The minimum Gasteiger partial charge on any atom is -0.348 e. The first-order valence-corrected chi connectivity index (χ1v) is 10.0. The molecule has 2 aromatic carbocycles. The zero-order chi connectivity index (χ0) is 18.6. The molecular formula is C19H25N2O3S+. The smallest absolute Gasteiger partial charge is 0.251 e. The van der Waals surface area contributed by atoms with E-state index in [9.17, 15) is 13.2 Å². The lowest BCUT2D eigenvalue weighted by Crippen LogP contribution is -3.04. The van der Waals surface area contributed by atoms with Gasteiger partial charge < -0.3 is 10.2 Å². The van der Waals surface area contributed by atoms with Gasteiger partial charge in [0.1, 0.15) is 6.54 Å². The number of hydrogen-bond acceptors (Lipinski definition) is 3. The van der Waals surface area contributed by atoms with Crippen LogP contribution in [0.4, 0.5) is 0 Å². The summed E-state index contributed by atoms with van der Waals surface area (Å²) in [6.07, 6.45) is 1.14. The minimum atomic E-state index is -3.34. The van der Waals surface area contributed by atoms with E-state index in [0.29, 0.717) is 12.1 Å². The van der Waals surface area contributed by atoms with E-state index in [1.54, 1.807) is 13.0 Å². The molecule has 1 amide bonds. The summed E-state index contributed by atoms with van der Waals surface area (Å²) in [4.78, 5) is 13.9. The Kier molecular flexibility index (Phi) is 5.98. The molecule has 0 aliphatic heterocycles. The fourth-order valence-corrected chi connectivity index (χ4v) is 3.18. The van der Waals surface area contributed by atoms with Crippen molar-refractivity contribution in [2.45, 2.75) is 24.9 Å². The van der Waals surface area contributed by atoms with E-state index in [2.05, 4.69) is 31.5 Å². The summed E-state index contributed by atoms with van der Waals surface area (Å²) < 4.78 is 23.3. The van der Waals surface area contributed by atoms with Crippen LogP contribution in [0.15, 0.2) is 47.4 Å². The van der Waals surface area contributed by atoms with Crippen molar-refractivity contribution in [3.05, 3.63) is 64.7 Å². The van der Waals surface area contributed by atoms with Gasteiger partial charge in [0.25, 0.3) is 5.91 Å². The maximum absolute atomic E-state index is 12.4. The Morgan fingerprint density at radius 3 is 2.20 bits per heavy atom.